The van der Waals surface area contributed by atoms with Gasteiger partial charge in [0.15, 0.2) is 0 Å². The standard InChI is InChI=1S/C11H15NO3/c1-4-15-10-7-8(2)5-6-9(10)11(13)12-14-3/h5-7H,4H2,1-3H3,(H,12,13). The lowest BCUT2D eigenvalue weighted by Gasteiger charge is -2.10. The Hall–Kier alpha value is -1.55. The predicted molar refractivity (Wildman–Crippen MR) is 56.8 cm³/mol. The molecule has 0 atom stereocenters. The van der Waals surface area contributed by atoms with Crippen molar-refractivity contribution in [3.63, 3.8) is 0 Å². The summed E-state index contributed by atoms with van der Waals surface area (Å²) < 4.78 is 5.37. The number of hydrogen-bond donors (Lipinski definition) is 1. The highest BCUT2D eigenvalue weighted by Crippen LogP contribution is 2.20. The second-order valence-corrected chi connectivity index (χ2v) is 3.07. The highest BCUT2D eigenvalue weighted by molar-refractivity contribution is 5.96. The van der Waals surface area contributed by atoms with Crippen LogP contribution in [0.5, 0.6) is 5.75 Å². The van der Waals surface area contributed by atoms with Gasteiger partial charge in [-0.3, -0.25) is 9.63 Å². The zero-order valence-corrected chi connectivity index (χ0v) is 9.16. The van der Waals surface area contributed by atoms with E-state index in [0.29, 0.717) is 17.9 Å². The van der Waals surface area contributed by atoms with Gasteiger partial charge in [0.2, 0.25) is 0 Å². The van der Waals surface area contributed by atoms with Gasteiger partial charge in [0.05, 0.1) is 19.3 Å². The summed E-state index contributed by atoms with van der Waals surface area (Å²) in [5, 5.41) is 0. The molecule has 0 aliphatic heterocycles. The van der Waals surface area contributed by atoms with Crippen molar-refractivity contribution < 1.29 is 14.4 Å². The van der Waals surface area contributed by atoms with E-state index in [2.05, 4.69) is 10.3 Å². The SMILES string of the molecule is CCOc1cc(C)ccc1C(=O)NOC. The summed E-state index contributed by atoms with van der Waals surface area (Å²) in [6.45, 7) is 4.34. The molecule has 0 aromatic heterocycles. The fraction of sp³-hybridized carbons (Fsp3) is 0.364. The minimum absolute atomic E-state index is 0.305. The molecule has 0 unspecified atom stereocenters. The smallest absolute Gasteiger partial charge is 0.278 e. The molecule has 0 aliphatic carbocycles. The van der Waals surface area contributed by atoms with Crippen LogP contribution in [0.2, 0.25) is 0 Å². The summed E-state index contributed by atoms with van der Waals surface area (Å²) in [5.41, 5.74) is 3.79. The van der Waals surface area contributed by atoms with Crippen LogP contribution in [-0.2, 0) is 4.84 Å². The third kappa shape index (κ3) is 2.95. The first-order valence-electron chi connectivity index (χ1n) is 4.75. The molecule has 1 amide bonds. The number of rotatable bonds is 4. The molecule has 1 aromatic carbocycles. The van der Waals surface area contributed by atoms with Crippen LogP contribution in [0.1, 0.15) is 22.8 Å². The maximum atomic E-state index is 11.5. The number of hydrogen-bond acceptors (Lipinski definition) is 3. The van der Waals surface area contributed by atoms with E-state index < -0.39 is 0 Å². The molecule has 15 heavy (non-hydrogen) atoms. The largest absolute Gasteiger partial charge is 0.493 e. The topological polar surface area (TPSA) is 47.6 Å². The van der Waals surface area contributed by atoms with Crippen molar-refractivity contribution >= 4 is 5.91 Å². The maximum absolute atomic E-state index is 11.5. The van der Waals surface area contributed by atoms with Crippen LogP contribution in [0.15, 0.2) is 18.2 Å². The molecule has 4 heteroatoms. The van der Waals surface area contributed by atoms with E-state index in [4.69, 9.17) is 4.74 Å². The van der Waals surface area contributed by atoms with E-state index in [9.17, 15) is 4.79 Å². The second-order valence-electron chi connectivity index (χ2n) is 3.07. The van der Waals surface area contributed by atoms with Crippen molar-refractivity contribution in [2.24, 2.45) is 0 Å². The molecule has 1 rings (SSSR count). The molecule has 1 aromatic rings. The average Bonchev–Trinajstić information content (AvgIpc) is 2.18. The van der Waals surface area contributed by atoms with Gasteiger partial charge in [-0.15, -0.1) is 0 Å². The lowest BCUT2D eigenvalue weighted by Crippen LogP contribution is -2.22. The van der Waals surface area contributed by atoms with Crippen LogP contribution in [0.4, 0.5) is 0 Å². The van der Waals surface area contributed by atoms with E-state index >= 15 is 0 Å². The van der Waals surface area contributed by atoms with Gasteiger partial charge in [0.25, 0.3) is 5.91 Å². The van der Waals surface area contributed by atoms with Crippen molar-refractivity contribution in [3.8, 4) is 5.75 Å². The monoisotopic (exact) mass is 209 g/mol. The fourth-order valence-corrected chi connectivity index (χ4v) is 1.24. The Morgan fingerprint density at radius 3 is 2.80 bits per heavy atom. The highest BCUT2D eigenvalue weighted by Gasteiger charge is 2.11. The van der Waals surface area contributed by atoms with Gasteiger partial charge in [0.1, 0.15) is 5.75 Å². The molecule has 4 nitrogen and oxygen atoms in total. The average molecular weight is 209 g/mol. The number of carbonyl (C=O) groups excluding carboxylic acids is 1. The zero-order chi connectivity index (χ0) is 11.3. The Morgan fingerprint density at radius 2 is 2.20 bits per heavy atom. The minimum atomic E-state index is -0.305. The highest BCUT2D eigenvalue weighted by atomic mass is 16.6. The minimum Gasteiger partial charge on any atom is -0.493 e. The Kier molecular flexibility index (Phi) is 4.12. The molecule has 0 radical (unpaired) electrons. The normalized spacial score (nSPS) is 9.80. The molecule has 0 heterocycles. The number of carbonyl (C=O) groups is 1. The lowest BCUT2D eigenvalue weighted by atomic mass is 10.1. The van der Waals surface area contributed by atoms with Crippen molar-refractivity contribution in [2.45, 2.75) is 13.8 Å². The molecule has 0 saturated heterocycles. The molecule has 82 valence electrons. The molecule has 1 N–H and O–H groups in total. The molecular weight excluding hydrogens is 194 g/mol. The number of hydroxylamine groups is 1. The Bertz CT molecular complexity index is 350. The summed E-state index contributed by atoms with van der Waals surface area (Å²) in [5.74, 6) is 0.271. The van der Waals surface area contributed by atoms with Crippen LogP contribution < -0.4 is 10.2 Å². The zero-order valence-electron chi connectivity index (χ0n) is 9.16. The van der Waals surface area contributed by atoms with E-state index in [1.54, 1.807) is 6.07 Å². The van der Waals surface area contributed by atoms with Crippen molar-refractivity contribution in [2.75, 3.05) is 13.7 Å². The van der Waals surface area contributed by atoms with Crippen LogP contribution in [0, 0.1) is 6.92 Å². The summed E-state index contributed by atoms with van der Waals surface area (Å²) in [6.07, 6.45) is 0. The molecule has 0 aliphatic rings. The fourth-order valence-electron chi connectivity index (χ4n) is 1.24. The van der Waals surface area contributed by atoms with Crippen molar-refractivity contribution in [1.29, 1.82) is 0 Å². The third-order valence-electron chi connectivity index (χ3n) is 1.88. The van der Waals surface area contributed by atoms with Crippen molar-refractivity contribution in [1.82, 2.24) is 5.48 Å². The predicted octanol–water partition coefficient (Wildman–Crippen LogP) is 1.68. The first-order chi connectivity index (χ1) is 7.19. The van der Waals surface area contributed by atoms with E-state index in [0.717, 1.165) is 5.56 Å². The Morgan fingerprint density at radius 1 is 1.47 bits per heavy atom. The molecule has 0 bridgehead atoms. The number of nitrogens with one attached hydrogen (secondary N) is 1. The quantitative estimate of drug-likeness (QED) is 0.767. The van der Waals surface area contributed by atoms with Crippen molar-refractivity contribution in [3.05, 3.63) is 29.3 Å². The number of ether oxygens (including phenoxy) is 1. The van der Waals surface area contributed by atoms with Gasteiger partial charge in [0, 0.05) is 0 Å². The van der Waals surface area contributed by atoms with Gasteiger partial charge in [-0.1, -0.05) is 6.07 Å². The number of aryl methyl sites for hydroxylation is 1. The number of amides is 1. The molecule has 0 fully saturated rings. The van der Waals surface area contributed by atoms with Gasteiger partial charge < -0.3 is 4.74 Å². The second kappa shape index (κ2) is 5.36. The van der Waals surface area contributed by atoms with Crippen LogP contribution in [0.25, 0.3) is 0 Å². The first-order valence-corrected chi connectivity index (χ1v) is 4.75. The summed E-state index contributed by atoms with van der Waals surface area (Å²) in [4.78, 5) is 16.1. The van der Waals surface area contributed by atoms with Gasteiger partial charge >= 0.3 is 0 Å². The Labute approximate surface area is 89.1 Å². The van der Waals surface area contributed by atoms with Gasteiger partial charge in [-0.25, -0.2) is 5.48 Å². The maximum Gasteiger partial charge on any atom is 0.278 e. The van der Waals surface area contributed by atoms with E-state index in [1.807, 2.05) is 26.0 Å². The molecule has 0 spiro atoms. The Balaban J connectivity index is 2.99. The summed E-state index contributed by atoms with van der Waals surface area (Å²) in [6, 6.07) is 5.40. The van der Waals surface area contributed by atoms with Crippen LogP contribution in [0.3, 0.4) is 0 Å². The molecule has 0 saturated carbocycles. The third-order valence-corrected chi connectivity index (χ3v) is 1.88. The first kappa shape index (κ1) is 11.5. The van der Waals surface area contributed by atoms with Crippen LogP contribution >= 0.6 is 0 Å². The number of benzene rings is 1. The molecular formula is C11H15NO3. The van der Waals surface area contributed by atoms with Gasteiger partial charge in [-0.2, -0.15) is 0 Å². The van der Waals surface area contributed by atoms with Crippen LogP contribution in [-0.4, -0.2) is 19.6 Å². The summed E-state index contributed by atoms with van der Waals surface area (Å²) in [7, 11) is 1.40. The van der Waals surface area contributed by atoms with E-state index in [-0.39, 0.29) is 5.91 Å². The summed E-state index contributed by atoms with van der Waals surface area (Å²) >= 11 is 0. The van der Waals surface area contributed by atoms with E-state index in [1.165, 1.54) is 7.11 Å². The van der Waals surface area contributed by atoms with Gasteiger partial charge in [-0.05, 0) is 31.5 Å². The lowest BCUT2D eigenvalue weighted by molar-refractivity contribution is 0.0534.